The number of hydrogen-bond acceptors (Lipinski definition) is 7. The first-order chi connectivity index (χ1) is 14.0. The van der Waals surface area contributed by atoms with Gasteiger partial charge in [0.1, 0.15) is 0 Å². The van der Waals surface area contributed by atoms with Crippen LogP contribution in [0.15, 0.2) is 9.64 Å². The molecule has 0 saturated heterocycles. The highest BCUT2D eigenvalue weighted by atomic mass is 32.2. The lowest BCUT2D eigenvalue weighted by Gasteiger charge is -2.20. The summed E-state index contributed by atoms with van der Waals surface area (Å²) in [7, 11) is 4.07. The summed E-state index contributed by atoms with van der Waals surface area (Å²) in [5.41, 5.74) is 0. The van der Waals surface area contributed by atoms with Gasteiger partial charge in [-0.3, -0.25) is 9.59 Å². The molecular formula is C21H36N4O3S. The number of Topliss-reactive ketones (excluding diaryl/α,β-unsaturated/α-hetero) is 1. The molecule has 1 aliphatic carbocycles. The number of rotatable bonds is 12. The summed E-state index contributed by atoms with van der Waals surface area (Å²) in [4.78, 5) is 27.8. The van der Waals surface area contributed by atoms with Gasteiger partial charge in [0.25, 0.3) is 11.1 Å². The highest BCUT2D eigenvalue weighted by molar-refractivity contribution is 7.99. The number of nitrogens with zero attached hydrogens (tertiary/aromatic N) is 3. The molecule has 164 valence electrons. The maximum absolute atomic E-state index is 12.9. The molecule has 1 fully saturated rings. The number of aromatic nitrogens is 2. The molecule has 1 atom stereocenters. The third kappa shape index (κ3) is 8.46. The van der Waals surface area contributed by atoms with Crippen LogP contribution in [0.25, 0.3) is 0 Å². The second kappa shape index (κ2) is 13.0. The van der Waals surface area contributed by atoms with Gasteiger partial charge in [0.15, 0.2) is 0 Å². The normalized spacial score (nSPS) is 16.6. The molecule has 1 saturated carbocycles. The zero-order valence-corrected chi connectivity index (χ0v) is 18.9. The van der Waals surface area contributed by atoms with E-state index in [1.54, 1.807) is 0 Å². The predicted octanol–water partition coefficient (Wildman–Crippen LogP) is 3.94. The van der Waals surface area contributed by atoms with E-state index in [0.29, 0.717) is 11.6 Å². The Bertz CT molecular complexity index is 627. The first kappa shape index (κ1) is 23.9. The first-order valence-corrected chi connectivity index (χ1v) is 12.0. The number of carbonyl (C=O) groups is 2. The van der Waals surface area contributed by atoms with E-state index in [2.05, 4.69) is 27.3 Å². The molecule has 1 amide bonds. The van der Waals surface area contributed by atoms with Gasteiger partial charge < -0.3 is 14.6 Å². The van der Waals surface area contributed by atoms with E-state index in [4.69, 9.17) is 4.42 Å². The van der Waals surface area contributed by atoms with Crippen LogP contribution in [0, 0.1) is 5.92 Å². The van der Waals surface area contributed by atoms with Crippen molar-refractivity contribution in [3.8, 4) is 0 Å². The summed E-state index contributed by atoms with van der Waals surface area (Å²) in [5.74, 6) is 0.598. The molecule has 1 unspecified atom stereocenters. The third-order valence-electron chi connectivity index (χ3n) is 5.30. The van der Waals surface area contributed by atoms with Crippen molar-refractivity contribution in [2.24, 2.45) is 5.92 Å². The Balaban J connectivity index is 1.94. The molecule has 0 spiro atoms. The summed E-state index contributed by atoms with van der Waals surface area (Å²) < 4.78 is 5.59. The van der Waals surface area contributed by atoms with Gasteiger partial charge in [-0.15, -0.1) is 10.2 Å². The second-order valence-corrected chi connectivity index (χ2v) is 9.18. The number of nitrogens with one attached hydrogen (secondary N) is 1. The van der Waals surface area contributed by atoms with Crippen molar-refractivity contribution in [1.82, 2.24) is 20.4 Å². The fourth-order valence-electron chi connectivity index (χ4n) is 3.57. The van der Waals surface area contributed by atoms with E-state index in [9.17, 15) is 9.59 Å². The molecule has 1 aliphatic rings. The predicted molar refractivity (Wildman–Crippen MR) is 115 cm³/mol. The topological polar surface area (TPSA) is 88.3 Å². The number of ketones is 1. The molecule has 8 heteroatoms. The van der Waals surface area contributed by atoms with Crippen LogP contribution >= 0.6 is 11.8 Å². The minimum atomic E-state index is -0.585. The molecule has 1 heterocycles. The number of thioether (sulfide) groups is 1. The van der Waals surface area contributed by atoms with Crippen LogP contribution in [0.1, 0.15) is 81.8 Å². The Hall–Kier alpha value is -1.41. The van der Waals surface area contributed by atoms with Gasteiger partial charge in [-0.1, -0.05) is 57.2 Å². The van der Waals surface area contributed by atoms with E-state index in [1.807, 2.05) is 14.1 Å². The summed E-state index contributed by atoms with van der Waals surface area (Å²) in [6.45, 7) is 3.06. The monoisotopic (exact) mass is 424 g/mol. The van der Waals surface area contributed by atoms with Crippen LogP contribution in [0.3, 0.4) is 0 Å². The van der Waals surface area contributed by atoms with Crippen LogP contribution in [-0.4, -0.2) is 59.2 Å². The molecule has 2 rings (SSSR count). The number of amides is 1. The average Bonchev–Trinajstić information content (AvgIpc) is 3.00. The third-order valence-corrected chi connectivity index (χ3v) is 6.20. The molecule has 0 aromatic carbocycles. The highest BCUT2D eigenvalue weighted by Crippen LogP contribution is 2.24. The van der Waals surface area contributed by atoms with Gasteiger partial charge in [0.05, 0.1) is 6.04 Å². The summed E-state index contributed by atoms with van der Waals surface area (Å²) in [6.07, 6.45) is 9.80. The first-order valence-electron chi connectivity index (χ1n) is 11.0. The molecule has 7 nitrogen and oxygen atoms in total. The van der Waals surface area contributed by atoms with Gasteiger partial charge >= 0.3 is 0 Å². The van der Waals surface area contributed by atoms with Gasteiger partial charge in [0, 0.05) is 11.7 Å². The van der Waals surface area contributed by atoms with Gasteiger partial charge in [-0.05, 0) is 46.3 Å². The fraction of sp³-hybridized carbons (Fsp3) is 0.810. The lowest BCUT2D eigenvalue weighted by molar-refractivity contribution is -0.125. The Labute approximate surface area is 178 Å². The van der Waals surface area contributed by atoms with Crippen molar-refractivity contribution in [3.63, 3.8) is 0 Å². The van der Waals surface area contributed by atoms with Crippen LogP contribution in [0.4, 0.5) is 0 Å². The van der Waals surface area contributed by atoms with Crippen molar-refractivity contribution >= 4 is 23.5 Å². The minimum Gasteiger partial charge on any atom is -0.408 e. The summed E-state index contributed by atoms with van der Waals surface area (Å²) in [6, 6.07) is -0.585. The minimum absolute atomic E-state index is 0.000785. The van der Waals surface area contributed by atoms with Crippen molar-refractivity contribution < 1.29 is 14.0 Å². The number of unbranched alkanes of at least 4 members (excludes halogenated alkanes) is 1. The van der Waals surface area contributed by atoms with Gasteiger partial charge in [0.2, 0.25) is 11.7 Å². The van der Waals surface area contributed by atoms with Crippen molar-refractivity contribution in [1.29, 1.82) is 0 Å². The molecule has 1 aromatic rings. The Kier molecular flexibility index (Phi) is 10.7. The molecule has 0 aliphatic heterocycles. The highest BCUT2D eigenvalue weighted by Gasteiger charge is 2.29. The molecular weight excluding hydrogens is 388 g/mol. The Morgan fingerprint density at radius 3 is 2.55 bits per heavy atom. The smallest absolute Gasteiger partial charge is 0.286 e. The zero-order chi connectivity index (χ0) is 21.1. The van der Waals surface area contributed by atoms with E-state index in [0.717, 1.165) is 57.2 Å². The van der Waals surface area contributed by atoms with Crippen molar-refractivity contribution in [2.45, 2.75) is 82.4 Å². The van der Waals surface area contributed by atoms with Gasteiger partial charge in [-0.2, -0.15) is 0 Å². The summed E-state index contributed by atoms with van der Waals surface area (Å²) >= 11 is 1.46. The quantitative estimate of drug-likeness (QED) is 0.235. The zero-order valence-electron chi connectivity index (χ0n) is 18.1. The largest absolute Gasteiger partial charge is 0.408 e. The van der Waals surface area contributed by atoms with Crippen LogP contribution < -0.4 is 5.32 Å². The molecule has 1 N–H and O–H groups in total. The maximum Gasteiger partial charge on any atom is 0.286 e. The number of hydrogen-bond donors (Lipinski definition) is 1. The second-order valence-electron chi connectivity index (χ2n) is 8.13. The van der Waals surface area contributed by atoms with E-state index < -0.39 is 6.04 Å². The number of carbonyl (C=O) groups excluding carboxylic acids is 2. The Morgan fingerprint density at radius 1 is 1.17 bits per heavy atom. The average molecular weight is 425 g/mol. The molecule has 0 radical (unpaired) electrons. The van der Waals surface area contributed by atoms with Crippen LogP contribution in [-0.2, 0) is 4.79 Å². The molecule has 1 aromatic heterocycles. The van der Waals surface area contributed by atoms with Crippen LogP contribution in [0.5, 0.6) is 0 Å². The lowest BCUT2D eigenvalue weighted by atomic mass is 9.97. The standard InChI is InChI=1S/C21H36N4O3S/c1-4-5-13-17(22-19(27)16-11-8-6-7-9-12-16)18(26)20-23-24-21(28-20)29-15-10-14-25(2)3/h16-17H,4-15H2,1-3H3,(H,22,27). The van der Waals surface area contributed by atoms with Crippen molar-refractivity contribution in [2.75, 3.05) is 26.4 Å². The fourth-order valence-corrected chi connectivity index (χ4v) is 4.25. The molecule has 0 bridgehead atoms. The van der Waals surface area contributed by atoms with E-state index >= 15 is 0 Å². The lowest BCUT2D eigenvalue weighted by Crippen LogP contribution is -2.43. The van der Waals surface area contributed by atoms with E-state index in [1.165, 1.54) is 24.6 Å². The van der Waals surface area contributed by atoms with Crippen LogP contribution in [0.2, 0.25) is 0 Å². The maximum atomic E-state index is 12.9. The van der Waals surface area contributed by atoms with Gasteiger partial charge in [-0.25, -0.2) is 0 Å². The van der Waals surface area contributed by atoms with E-state index in [-0.39, 0.29) is 23.5 Å². The summed E-state index contributed by atoms with van der Waals surface area (Å²) in [5, 5.41) is 11.3. The SMILES string of the molecule is CCCCC(NC(=O)C1CCCCCC1)C(=O)c1nnc(SCCCN(C)C)o1. The molecule has 29 heavy (non-hydrogen) atoms. The van der Waals surface area contributed by atoms with Crippen molar-refractivity contribution in [3.05, 3.63) is 5.89 Å². The Morgan fingerprint density at radius 2 is 1.90 bits per heavy atom.